The second kappa shape index (κ2) is 10.0. The number of H-pyrrole nitrogens is 1. The van der Waals surface area contributed by atoms with Crippen molar-refractivity contribution in [3.8, 4) is 17.3 Å². The highest BCUT2D eigenvalue weighted by molar-refractivity contribution is 6.00. The van der Waals surface area contributed by atoms with Crippen molar-refractivity contribution in [2.45, 2.75) is 30.8 Å². The minimum atomic E-state index is -1.31. The number of aromatic carboxylic acids is 1. The topological polar surface area (TPSA) is 156 Å². The van der Waals surface area contributed by atoms with E-state index in [0.29, 0.717) is 32.6 Å². The van der Waals surface area contributed by atoms with E-state index in [4.69, 9.17) is 0 Å². The number of hydrogen-bond donors (Lipinski definition) is 3. The minimum Gasteiger partial charge on any atom is -0.478 e. The second-order valence-corrected chi connectivity index (χ2v) is 10.2. The molecule has 0 aliphatic carbocycles. The molecule has 2 aliphatic heterocycles. The van der Waals surface area contributed by atoms with Gasteiger partial charge in [0.1, 0.15) is 23.3 Å². The number of carbonyl (C=O) groups excluding carboxylic acids is 1. The van der Waals surface area contributed by atoms with Gasteiger partial charge in [-0.3, -0.25) is 9.58 Å². The van der Waals surface area contributed by atoms with Crippen LogP contribution in [0, 0.1) is 17.1 Å². The predicted octanol–water partition coefficient (Wildman–Crippen LogP) is 3.28. The molecule has 0 spiro atoms. The van der Waals surface area contributed by atoms with Gasteiger partial charge in [-0.05, 0) is 37.1 Å². The Morgan fingerprint density at radius 2 is 2.02 bits per heavy atom. The number of nitrogens with one attached hydrogen (secondary N) is 2. The maximum absolute atomic E-state index is 13.5. The van der Waals surface area contributed by atoms with Crippen LogP contribution in [0.5, 0.6) is 0 Å². The fourth-order valence-electron chi connectivity index (χ4n) is 5.69. The van der Waals surface area contributed by atoms with Gasteiger partial charge in [0.2, 0.25) is 0 Å². The number of carbonyl (C=O) groups is 2. The Hall–Kier alpha value is -4.83. The third-order valence-electron chi connectivity index (χ3n) is 7.82. The molecule has 3 aromatic heterocycles. The van der Waals surface area contributed by atoms with Crippen LogP contribution in [-0.4, -0.2) is 83.9 Å². The van der Waals surface area contributed by atoms with Crippen molar-refractivity contribution in [3.63, 3.8) is 0 Å². The fourth-order valence-corrected chi connectivity index (χ4v) is 5.69. The maximum Gasteiger partial charge on any atom is 0.337 e. The number of aromatic nitrogens is 5. The van der Waals surface area contributed by atoms with Crippen LogP contribution in [0.4, 0.5) is 14.9 Å². The average Bonchev–Trinajstić information content (AvgIpc) is 3.62. The number of halogens is 1. The lowest BCUT2D eigenvalue weighted by Crippen LogP contribution is -2.66. The van der Waals surface area contributed by atoms with E-state index < -0.39 is 23.4 Å². The Morgan fingerprint density at radius 3 is 2.77 bits per heavy atom. The molecule has 13 heteroatoms. The predicted molar refractivity (Wildman–Crippen MR) is 142 cm³/mol. The first-order valence-electron chi connectivity index (χ1n) is 12.9. The fraction of sp³-hybridized carbons (Fsp3) is 0.333. The summed E-state index contributed by atoms with van der Waals surface area (Å²) < 4.78 is 15.4. The molecular weight excluding hydrogens is 517 g/mol. The van der Waals surface area contributed by atoms with Crippen molar-refractivity contribution in [2.24, 2.45) is 0 Å². The maximum atomic E-state index is 13.5. The highest BCUT2D eigenvalue weighted by Gasteiger charge is 2.48. The Labute approximate surface area is 228 Å². The summed E-state index contributed by atoms with van der Waals surface area (Å²) in [4.78, 5) is 40.0. The molecule has 0 unspecified atom stereocenters. The second-order valence-electron chi connectivity index (χ2n) is 10.2. The number of fused-ring (bicyclic) bond motifs is 1. The van der Waals surface area contributed by atoms with E-state index in [0.717, 1.165) is 47.3 Å². The first kappa shape index (κ1) is 25.4. The lowest BCUT2D eigenvalue weighted by molar-refractivity contribution is -0.0399. The smallest absolute Gasteiger partial charge is 0.337 e. The van der Waals surface area contributed by atoms with Crippen molar-refractivity contribution in [1.82, 2.24) is 34.5 Å². The number of nitrogens with zero attached hydrogens (tertiary/aromatic N) is 7. The molecule has 5 heterocycles. The molecule has 0 saturated carbocycles. The molecule has 2 saturated heterocycles. The summed E-state index contributed by atoms with van der Waals surface area (Å²) in [6, 6.07) is 7.33. The van der Waals surface area contributed by atoms with Crippen molar-refractivity contribution < 1.29 is 19.1 Å². The highest BCUT2D eigenvalue weighted by Crippen LogP contribution is 2.37. The third-order valence-corrected chi connectivity index (χ3v) is 7.82. The molecule has 4 aromatic rings. The zero-order valence-electron chi connectivity index (χ0n) is 21.4. The van der Waals surface area contributed by atoms with E-state index in [1.54, 1.807) is 11.1 Å². The van der Waals surface area contributed by atoms with Gasteiger partial charge in [-0.2, -0.15) is 10.4 Å². The summed E-state index contributed by atoms with van der Waals surface area (Å²) in [7, 11) is 0. The monoisotopic (exact) mass is 543 g/mol. The molecule has 1 aromatic carbocycles. The summed E-state index contributed by atoms with van der Waals surface area (Å²) in [5.74, 6) is -2.00. The normalized spacial score (nSPS) is 17.4. The number of urea groups is 1. The van der Waals surface area contributed by atoms with E-state index in [2.05, 4.69) is 36.3 Å². The molecule has 12 nitrogen and oxygen atoms in total. The molecule has 0 bridgehead atoms. The Bertz CT molecular complexity index is 1630. The Balaban J connectivity index is 1.09. The largest absolute Gasteiger partial charge is 0.478 e. The summed E-state index contributed by atoms with van der Waals surface area (Å²) in [5, 5.41) is 27.1. The van der Waals surface area contributed by atoms with Gasteiger partial charge in [-0.25, -0.2) is 23.9 Å². The van der Waals surface area contributed by atoms with Gasteiger partial charge in [0.15, 0.2) is 0 Å². The van der Waals surface area contributed by atoms with E-state index >= 15 is 0 Å². The standard InChI is InChI=1S/C27H26FN9O3/c28-18-1-2-22(21(11-18)25(38)39)34-26(40)35-9-4-19(5-10-35)36-14-27(15-36,6-7-29)37-13-17(12-33-37)23-20-3-8-30-24(20)32-16-31-23/h1-3,8,11-13,16,19H,4-6,9-10,14-15H2,(H,34,40)(H,38,39)(H,30,31,32). The molecule has 40 heavy (non-hydrogen) atoms. The van der Waals surface area contributed by atoms with Crippen LogP contribution in [0.25, 0.3) is 22.3 Å². The first-order chi connectivity index (χ1) is 19.4. The lowest BCUT2D eigenvalue weighted by atomic mass is 9.84. The number of benzene rings is 1. The van der Waals surface area contributed by atoms with Crippen molar-refractivity contribution in [1.29, 1.82) is 5.26 Å². The summed E-state index contributed by atoms with van der Waals surface area (Å²) in [6.07, 6.45) is 8.84. The van der Waals surface area contributed by atoms with Gasteiger partial charge in [-0.15, -0.1) is 0 Å². The van der Waals surface area contributed by atoms with Crippen LogP contribution in [0.1, 0.15) is 29.6 Å². The van der Waals surface area contributed by atoms with Crippen LogP contribution in [-0.2, 0) is 5.54 Å². The van der Waals surface area contributed by atoms with E-state index in [1.807, 2.05) is 23.1 Å². The summed E-state index contributed by atoms with van der Waals surface area (Å²) in [5.41, 5.74) is 1.71. The Morgan fingerprint density at radius 1 is 1.23 bits per heavy atom. The number of likely N-dealkylation sites (tertiary alicyclic amines) is 2. The van der Waals surface area contributed by atoms with Crippen LogP contribution in [0.15, 0.2) is 49.2 Å². The number of rotatable bonds is 6. The van der Waals surface area contributed by atoms with Gasteiger partial charge in [-0.1, -0.05) is 0 Å². The number of hydrogen-bond acceptors (Lipinski definition) is 7. The molecule has 0 radical (unpaired) electrons. The number of amides is 2. The molecule has 204 valence electrons. The zero-order chi connectivity index (χ0) is 27.9. The van der Waals surface area contributed by atoms with Crippen molar-refractivity contribution >= 4 is 28.7 Å². The van der Waals surface area contributed by atoms with Crippen LogP contribution < -0.4 is 5.32 Å². The molecule has 2 fully saturated rings. The molecule has 0 atom stereocenters. The Kier molecular flexibility index (Phi) is 6.39. The van der Waals surface area contributed by atoms with Gasteiger partial charge >= 0.3 is 12.0 Å². The van der Waals surface area contributed by atoms with Crippen LogP contribution in [0.2, 0.25) is 0 Å². The molecular formula is C27H26FN9O3. The van der Waals surface area contributed by atoms with Crippen LogP contribution in [0.3, 0.4) is 0 Å². The SMILES string of the molecule is N#CCC1(n2cc(-c3ncnc4[nH]ccc34)cn2)CN(C2CCN(C(=O)Nc3ccc(F)cc3C(=O)O)CC2)C1. The van der Waals surface area contributed by atoms with E-state index in [-0.39, 0.29) is 17.3 Å². The van der Waals surface area contributed by atoms with Crippen molar-refractivity contribution in [2.75, 3.05) is 31.5 Å². The molecule has 2 amide bonds. The highest BCUT2D eigenvalue weighted by atomic mass is 19.1. The van der Waals surface area contributed by atoms with Gasteiger partial charge < -0.3 is 20.3 Å². The van der Waals surface area contributed by atoms with Crippen LogP contribution >= 0.6 is 0 Å². The molecule has 3 N–H and O–H groups in total. The van der Waals surface area contributed by atoms with Gasteiger partial charge in [0.05, 0.1) is 35.6 Å². The van der Waals surface area contributed by atoms with Crippen molar-refractivity contribution in [3.05, 3.63) is 60.6 Å². The van der Waals surface area contributed by atoms with E-state index in [1.165, 1.54) is 12.4 Å². The number of anilines is 1. The van der Waals surface area contributed by atoms with E-state index in [9.17, 15) is 24.3 Å². The minimum absolute atomic E-state index is 0.0582. The summed E-state index contributed by atoms with van der Waals surface area (Å²) in [6.45, 7) is 2.32. The number of carboxylic acid groups (broad SMARTS) is 1. The number of piperidine rings is 1. The average molecular weight is 544 g/mol. The van der Waals surface area contributed by atoms with Gasteiger partial charge in [0, 0.05) is 55.6 Å². The molecule has 6 rings (SSSR count). The quantitative estimate of drug-likeness (QED) is 0.335. The summed E-state index contributed by atoms with van der Waals surface area (Å²) >= 11 is 0. The van der Waals surface area contributed by atoms with Gasteiger partial charge in [0.25, 0.3) is 0 Å². The number of aromatic amines is 1. The number of carboxylic acids is 1. The first-order valence-corrected chi connectivity index (χ1v) is 12.9. The molecule has 2 aliphatic rings. The lowest BCUT2D eigenvalue weighted by Gasteiger charge is -2.53. The third kappa shape index (κ3) is 4.52. The number of nitriles is 1. The zero-order valence-corrected chi connectivity index (χ0v) is 21.4.